The molecule has 2 aromatic rings. The van der Waals surface area contributed by atoms with E-state index in [1.165, 1.54) is 0 Å². The van der Waals surface area contributed by atoms with E-state index < -0.39 is 5.97 Å². The maximum atomic E-state index is 12.0. The number of halogens is 1. The van der Waals surface area contributed by atoms with Gasteiger partial charge in [-0.3, -0.25) is 0 Å². The third kappa shape index (κ3) is 3.65. The van der Waals surface area contributed by atoms with Crippen LogP contribution in [0.3, 0.4) is 0 Å². The zero-order valence-electron chi connectivity index (χ0n) is 13.9. The van der Waals surface area contributed by atoms with E-state index in [1.54, 1.807) is 18.2 Å². The molecule has 1 aliphatic heterocycles. The predicted molar refractivity (Wildman–Crippen MR) is 92.2 cm³/mol. The highest BCUT2D eigenvalue weighted by atomic mass is 35.5. The van der Waals surface area contributed by atoms with Gasteiger partial charge in [-0.15, -0.1) is 0 Å². The zero-order chi connectivity index (χ0) is 17.3. The van der Waals surface area contributed by atoms with Gasteiger partial charge in [0.1, 0.15) is 11.4 Å². The van der Waals surface area contributed by atoms with Crippen molar-refractivity contribution in [1.29, 1.82) is 0 Å². The van der Waals surface area contributed by atoms with Crippen LogP contribution in [0.4, 0.5) is 0 Å². The highest BCUT2D eigenvalue weighted by molar-refractivity contribution is 6.32. The first-order valence-corrected chi connectivity index (χ1v) is 8.12. The van der Waals surface area contributed by atoms with E-state index in [9.17, 15) is 4.79 Å². The van der Waals surface area contributed by atoms with Crippen LogP contribution in [0.5, 0.6) is 17.2 Å². The Morgan fingerprint density at radius 3 is 2.83 bits per heavy atom. The number of fused-ring (bicyclic) bond motifs is 1. The molecule has 0 unspecified atom stereocenters. The number of hydrogen-bond acceptors (Lipinski definition) is 4. The first kappa shape index (κ1) is 16.7. The monoisotopic (exact) mass is 346 g/mol. The van der Waals surface area contributed by atoms with Crippen LogP contribution >= 0.6 is 11.6 Å². The van der Waals surface area contributed by atoms with Crippen LogP contribution in [0.1, 0.15) is 25.0 Å². The molecule has 2 aromatic carbocycles. The molecular weight excluding hydrogens is 328 g/mol. The Balaban J connectivity index is 1.66. The Kier molecular flexibility index (Phi) is 4.41. The fourth-order valence-electron chi connectivity index (χ4n) is 2.68. The van der Waals surface area contributed by atoms with Crippen LogP contribution in [0.15, 0.2) is 36.4 Å². The van der Waals surface area contributed by atoms with Gasteiger partial charge in [0.05, 0.1) is 5.02 Å². The van der Waals surface area contributed by atoms with E-state index in [4.69, 9.17) is 25.8 Å². The third-order valence-corrected chi connectivity index (χ3v) is 4.02. The van der Waals surface area contributed by atoms with Crippen molar-refractivity contribution >= 4 is 17.6 Å². The van der Waals surface area contributed by atoms with Crippen LogP contribution in [0.25, 0.3) is 0 Å². The average Bonchev–Trinajstić information content (AvgIpc) is 2.83. The average molecular weight is 347 g/mol. The summed E-state index contributed by atoms with van der Waals surface area (Å²) in [5.74, 6) is 1.06. The SMILES string of the molecule is Cc1ccc(Cl)c(OC(=O)COc2cccc3c2OC(C)(C)C3)c1. The van der Waals surface area contributed by atoms with Gasteiger partial charge >= 0.3 is 5.97 Å². The van der Waals surface area contributed by atoms with Crippen molar-refractivity contribution in [1.82, 2.24) is 0 Å². The summed E-state index contributed by atoms with van der Waals surface area (Å²) in [7, 11) is 0. The van der Waals surface area contributed by atoms with Gasteiger partial charge in [0, 0.05) is 12.0 Å². The molecule has 1 heterocycles. The van der Waals surface area contributed by atoms with Gasteiger partial charge in [0.25, 0.3) is 0 Å². The topological polar surface area (TPSA) is 44.8 Å². The zero-order valence-corrected chi connectivity index (χ0v) is 14.6. The number of ether oxygens (including phenoxy) is 3. The molecule has 0 saturated heterocycles. The molecule has 0 aliphatic carbocycles. The van der Waals surface area contributed by atoms with Crippen LogP contribution in [0, 0.1) is 6.92 Å². The maximum absolute atomic E-state index is 12.0. The summed E-state index contributed by atoms with van der Waals surface area (Å²) in [5.41, 5.74) is 1.77. The molecule has 24 heavy (non-hydrogen) atoms. The van der Waals surface area contributed by atoms with Crippen molar-refractivity contribution < 1.29 is 19.0 Å². The van der Waals surface area contributed by atoms with Crippen molar-refractivity contribution in [2.24, 2.45) is 0 Å². The summed E-state index contributed by atoms with van der Waals surface area (Å²) in [6.07, 6.45) is 0.808. The summed E-state index contributed by atoms with van der Waals surface area (Å²) >= 11 is 6.03. The summed E-state index contributed by atoms with van der Waals surface area (Å²) < 4.78 is 16.8. The molecule has 0 amide bonds. The first-order valence-electron chi connectivity index (χ1n) is 7.75. The summed E-state index contributed by atoms with van der Waals surface area (Å²) in [4.78, 5) is 12.0. The molecule has 0 spiro atoms. The third-order valence-electron chi connectivity index (χ3n) is 3.71. The van der Waals surface area contributed by atoms with E-state index in [2.05, 4.69) is 0 Å². The molecule has 4 nitrogen and oxygen atoms in total. The lowest BCUT2D eigenvalue weighted by Gasteiger charge is -2.18. The van der Waals surface area contributed by atoms with Gasteiger partial charge in [-0.25, -0.2) is 4.79 Å². The second-order valence-electron chi connectivity index (χ2n) is 6.48. The fraction of sp³-hybridized carbons (Fsp3) is 0.316. The van der Waals surface area contributed by atoms with Crippen LogP contribution in [-0.4, -0.2) is 18.2 Å². The van der Waals surface area contributed by atoms with Gasteiger partial charge in [-0.05, 0) is 44.5 Å². The van der Waals surface area contributed by atoms with Crippen LogP contribution in [-0.2, 0) is 11.2 Å². The highest BCUT2D eigenvalue weighted by Gasteiger charge is 2.32. The molecule has 3 rings (SSSR count). The molecule has 0 aromatic heterocycles. The van der Waals surface area contributed by atoms with Gasteiger partial charge in [0.2, 0.25) is 0 Å². The minimum Gasteiger partial charge on any atom is -0.483 e. The Bertz CT molecular complexity index is 783. The highest BCUT2D eigenvalue weighted by Crippen LogP contribution is 2.41. The van der Waals surface area contributed by atoms with E-state index >= 15 is 0 Å². The number of rotatable bonds is 4. The summed E-state index contributed by atoms with van der Waals surface area (Å²) in [6, 6.07) is 10.9. The van der Waals surface area contributed by atoms with Crippen LogP contribution < -0.4 is 14.2 Å². The molecule has 0 atom stereocenters. The van der Waals surface area contributed by atoms with Crippen molar-refractivity contribution in [3.63, 3.8) is 0 Å². The number of aryl methyl sites for hydroxylation is 1. The van der Waals surface area contributed by atoms with Crippen molar-refractivity contribution in [2.75, 3.05) is 6.61 Å². The predicted octanol–water partition coefficient (Wildman–Crippen LogP) is 4.35. The maximum Gasteiger partial charge on any atom is 0.349 e. The number of esters is 1. The van der Waals surface area contributed by atoms with Gasteiger partial charge in [-0.2, -0.15) is 0 Å². The number of benzene rings is 2. The summed E-state index contributed by atoms with van der Waals surface area (Å²) in [5, 5.41) is 0.389. The van der Waals surface area contributed by atoms with E-state index in [0.29, 0.717) is 22.3 Å². The quantitative estimate of drug-likeness (QED) is 0.610. The van der Waals surface area contributed by atoms with E-state index in [0.717, 1.165) is 17.5 Å². The molecule has 1 aliphatic rings. The second kappa shape index (κ2) is 6.36. The number of para-hydroxylation sites is 1. The molecule has 0 N–H and O–H groups in total. The van der Waals surface area contributed by atoms with Gasteiger partial charge < -0.3 is 14.2 Å². The van der Waals surface area contributed by atoms with Crippen molar-refractivity contribution in [3.8, 4) is 17.2 Å². The van der Waals surface area contributed by atoms with Crippen LogP contribution in [0.2, 0.25) is 5.02 Å². The van der Waals surface area contributed by atoms with Crippen molar-refractivity contribution in [3.05, 3.63) is 52.5 Å². The Morgan fingerprint density at radius 2 is 2.04 bits per heavy atom. The summed E-state index contributed by atoms with van der Waals surface area (Å²) in [6.45, 7) is 5.72. The first-order chi connectivity index (χ1) is 11.3. The number of carbonyl (C=O) groups excluding carboxylic acids is 1. The molecule has 0 saturated carbocycles. The minimum atomic E-state index is -0.516. The fourth-order valence-corrected chi connectivity index (χ4v) is 2.83. The molecule has 0 bridgehead atoms. The lowest BCUT2D eigenvalue weighted by atomic mass is 10.0. The normalized spacial score (nSPS) is 14.7. The molecule has 5 heteroatoms. The molecule has 0 radical (unpaired) electrons. The largest absolute Gasteiger partial charge is 0.483 e. The van der Waals surface area contributed by atoms with E-state index in [-0.39, 0.29) is 12.2 Å². The molecule has 0 fully saturated rings. The smallest absolute Gasteiger partial charge is 0.349 e. The van der Waals surface area contributed by atoms with E-state index in [1.807, 2.05) is 39.0 Å². The molecule has 126 valence electrons. The minimum absolute atomic E-state index is 0.218. The second-order valence-corrected chi connectivity index (χ2v) is 6.89. The Hall–Kier alpha value is -2.20. The Labute approximate surface area is 146 Å². The Morgan fingerprint density at radius 1 is 1.25 bits per heavy atom. The lowest BCUT2D eigenvalue weighted by Crippen LogP contribution is -2.25. The number of carbonyl (C=O) groups is 1. The van der Waals surface area contributed by atoms with Gasteiger partial charge in [0.15, 0.2) is 18.1 Å². The van der Waals surface area contributed by atoms with Gasteiger partial charge in [-0.1, -0.05) is 29.8 Å². The standard InChI is InChI=1S/C19H19ClO4/c1-12-7-8-14(20)16(9-12)23-17(21)11-22-15-6-4-5-13-10-19(2,3)24-18(13)15/h4-9H,10-11H2,1-3H3. The number of hydrogen-bond donors (Lipinski definition) is 0. The lowest BCUT2D eigenvalue weighted by molar-refractivity contribution is -0.136. The molecular formula is C19H19ClO4. The van der Waals surface area contributed by atoms with Crippen molar-refractivity contribution in [2.45, 2.75) is 32.8 Å².